The summed E-state index contributed by atoms with van der Waals surface area (Å²) >= 11 is 0. The van der Waals surface area contributed by atoms with E-state index >= 15 is 0 Å². The molecule has 0 aliphatic heterocycles. The summed E-state index contributed by atoms with van der Waals surface area (Å²) in [5.41, 5.74) is 8.64. The van der Waals surface area contributed by atoms with Crippen LogP contribution < -0.4 is 4.90 Å². The van der Waals surface area contributed by atoms with Gasteiger partial charge in [0.05, 0.1) is 11.4 Å². The summed E-state index contributed by atoms with van der Waals surface area (Å²) in [5, 5.41) is 9.10. The molecule has 3 heteroatoms. The molecule has 0 saturated heterocycles. The number of para-hydroxylation sites is 3. The molecule has 0 saturated carbocycles. The molecule has 0 aliphatic carbocycles. The predicted octanol–water partition coefficient (Wildman–Crippen LogP) is 12.9. The number of fused-ring (bicyclic) bond motifs is 11. The van der Waals surface area contributed by atoms with Gasteiger partial charge in [-0.2, -0.15) is 0 Å². The fourth-order valence-electron chi connectivity index (χ4n) is 7.42. The highest BCUT2D eigenvalue weighted by molar-refractivity contribution is 6.33. The lowest BCUT2D eigenvalue weighted by molar-refractivity contribution is 0.667. The number of anilines is 3. The maximum absolute atomic E-state index is 7.19. The first-order valence-electron chi connectivity index (χ1n) is 15.9. The number of furan rings is 2. The second-order valence-electron chi connectivity index (χ2n) is 12.0. The van der Waals surface area contributed by atoms with E-state index in [1.807, 2.05) is 12.1 Å². The van der Waals surface area contributed by atoms with Crippen LogP contribution in [-0.2, 0) is 0 Å². The van der Waals surface area contributed by atoms with Gasteiger partial charge < -0.3 is 13.7 Å². The molecule has 0 radical (unpaired) electrons. The first-order chi connectivity index (χ1) is 23.3. The number of benzene rings is 8. The van der Waals surface area contributed by atoms with Crippen molar-refractivity contribution in [3.63, 3.8) is 0 Å². The lowest BCUT2D eigenvalue weighted by Gasteiger charge is -2.26. The summed E-state index contributed by atoms with van der Waals surface area (Å²) in [7, 11) is 0. The minimum absolute atomic E-state index is 0.833. The molecule has 0 fully saturated rings. The van der Waals surface area contributed by atoms with E-state index in [9.17, 15) is 0 Å². The molecule has 3 nitrogen and oxygen atoms in total. The Labute approximate surface area is 270 Å². The quantitative estimate of drug-likeness (QED) is 0.188. The Balaban J connectivity index is 1.39. The second-order valence-corrected chi connectivity index (χ2v) is 12.0. The van der Waals surface area contributed by atoms with E-state index in [1.54, 1.807) is 0 Å². The highest BCUT2D eigenvalue weighted by Crippen LogP contribution is 2.50. The van der Waals surface area contributed by atoms with Crippen molar-refractivity contribution in [3.8, 4) is 11.1 Å². The van der Waals surface area contributed by atoms with Crippen LogP contribution in [0.2, 0.25) is 0 Å². The van der Waals surface area contributed by atoms with Crippen LogP contribution in [0.1, 0.15) is 0 Å². The smallest absolute Gasteiger partial charge is 0.160 e. The zero-order valence-corrected chi connectivity index (χ0v) is 25.4. The van der Waals surface area contributed by atoms with Gasteiger partial charge in [0.2, 0.25) is 0 Å². The van der Waals surface area contributed by atoms with Crippen LogP contribution in [0.4, 0.5) is 17.1 Å². The third kappa shape index (κ3) is 3.81. The molecular weight excluding hydrogens is 574 g/mol. The molecule has 0 N–H and O–H groups in total. The Hall–Kier alpha value is -6.32. The summed E-state index contributed by atoms with van der Waals surface area (Å²) in [5.74, 6) is 0. The Morgan fingerprint density at radius 3 is 1.70 bits per heavy atom. The van der Waals surface area contributed by atoms with Gasteiger partial charge in [0.1, 0.15) is 11.2 Å². The maximum atomic E-state index is 7.19. The molecule has 47 heavy (non-hydrogen) atoms. The number of nitrogens with zero attached hydrogens (tertiary/aromatic N) is 1. The molecular formula is C44H27NO2. The van der Waals surface area contributed by atoms with Crippen LogP contribution in [0.15, 0.2) is 173 Å². The Morgan fingerprint density at radius 1 is 0.340 bits per heavy atom. The van der Waals surface area contributed by atoms with E-state index in [2.05, 4.69) is 157 Å². The molecule has 2 aromatic heterocycles. The second kappa shape index (κ2) is 10.1. The normalized spacial score (nSPS) is 11.8. The van der Waals surface area contributed by atoms with Crippen molar-refractivity contribution in [3.05, 3.63) is 164 Å². The predicted molar refractivity (Wildman–Crippen MR) is 196 cm³/mol. The SMILES string of the molecule is c1ccc(-c2ccc(N(c3ccccc3)c3cccc4c3oc3ccccc34)c3oc4c5ccccc5c5ccccc5c4c23)cc1. The van der Waals surface area contributed by atoms with Crippen molar-refractivity contribution >= 4 is 82.5 Å². The summed E-state index contributed by atoms with van der Waals surface area (Å²) in [6.07, 6.45) is 0. The monoisotopic (exact) mass is 601 g/mol. The van der Waals surface area contributed by atoms with Gasteiger partial charge in [-0.25, -0.2) is 0 Å². The fraction of sp³-hybridized carbons (Fsp3) is 0. The van der Waals surface area contributed by atoms with Crippen molar-refractivity contribution in [2.75, 3.05) is 4.90 Å². The third-order valence-electron chi connectivity index (χ3n) is 9.44. The van der Waals surface area contributed by atoms with E-state index in [-0.39, 0.29) is 0 Å². The summed E-state index contributed by atoms with van der Waals surface area (Å²) in [4.78, 5) is 2.29. The number of rotatable bonds is 4. The summed E-state index contributed by atoms with van der Waals surface area (Å²) in [6.45, 7) is 0. The summed E-state index contributed by atoms with van der Waals surface area (Å²) in [6, 6.07) is 57.5. The van der Waals surface area contributed by atoms with Gasteiger partial charge in [0.15, 0.2) is 11.2 Å². The van der Waals surface area contributed by atoms with Crippen molar-refractivity contribution < 1.29 is 8.83 Å². The highest BCUT2D eigenvalue weighted by atomic mass is 16.3. The lowest BCUT2D eigenvalue weighted by atomic mass is 9.93. The van der Waals surface area contributed by atoms with E-state index in [1.165, 1.54) is 16.2 Å². The van der Waals surface area contributed by atoms with Gasteiger partial charge >= 0.3 is 0 Å². The molecule has 2 heterocycles. The van der Waals surface area contributed by atoms with Crippen molar-refractivity contribution in [1.82, 2.24) is 0 Å². The van der Waals surface area contributed by atoms with Crippen molar-refractivity contribution in [2.24, 2.45) is 0 Å². The molecule has 10 aromatic rings. The molecule has 0 amide bonds. The average molecular weight is 602 g/mol. The first kappa shape index (κ1) is 26.0. The molecule has 220 valence electrons. The van der Waals surface area contributed by atoms with Crippen LogP contribution in [0.3, 0.4) is 0 Å². The third-order valence-corrected chi connectivity index (χ3v) is 9.44. The zero-order chi connectivity index (χ0) is 30.9. The molecule has 0 atom stereocenters. The van der Waals surface area contributed by atoms with Crippen molar-refractivity contribution in [2.45, 2.75) is 0 Å². The first-order valence-corrected chi connectivity index (χ1v) is 15.9. The zero-order valence-electron chi connectivity index (χ0n) is 25.4. The molecule has 0 spiro atoms. The van der Waals surface area contributed by atoms with E-state index in [0.29, 0.717) is 0 Å². The number of hydrogen-bond acceptors (Lipinski definition) is 3. The standard InChI is InChI=1S/C44H27NO2/c1-3-14-28(15-4-1)30-26-27-38(44-40(30)41-34-21-9-7-18-31(34)32-19-8-10-22-35(32)43(41)47-44)45(29-16-5-2-6-17-29)37-24-13-23-36-33-20-11-12-25-39(33)46-42(36)37/h1-27H. The minimum Gasteiger partial charge on any atom is -0.454 e. The van der Waals surface area contributed by atoms with Crippen LogP contribution >= 0.6 is 0 Å². The Bertz CT molecular complexity index is 2790. The molecule has 0 aliphatic rings. The highest BCUT2D eigenvalue weighted by Gasteiger charge is 2.26. The van der Waals surface area contributed by atoms with Gasteiger partial charge in [0, 0.05) is 32.6 Å². The lowest BCUT2D eigenvalue weighted by Crippen LogP contribution is -2.10. The van der Waals surface area contributed by atoms with Gasteiger partial charge in [0.25, 0.3) is 0 Å². The number of hydrogen-bond donors (Lipinski definition) is 0. The van der Waals surface area contributed by atoms with Gasteiger partial charge in [-0.1, -0.05) is 133 Å². The van der Waals surface area contributed by atoms with E-state index in [4.69, 9.17) is 8.83 Å². The van der Waals surface area contributed by atoms with Gasteiger partial charge in [-0.15, -0.1) is 0 Å². The molecule has 10 rings (SSSR count). The maximum Gasteiger partial charge on any atom is 0.160 e. The largest absolute Gasteiger partial charge is 0.454 e. The average Bonchev–Trinajstić information content (AvgIpc) is 3.74. The van der Waals surface area contributed by atoms with Crippen molar-refractivity contribution in [1.29, 1.82) is 0 Å². The molecule has 8 aromatic carbocycles. The van der Waals surface area contributed by atoms with Crippen LogP contribution in [0, 0.1) is 0 Å². The van der Waals surface area contributed by atoms with Crippen LogP contribution in [0.5, 0.6) is 0 Å². The van der Waals surface area contributed by atoms with Crippen LogP contribution in [0.25, 0.3) is 76.5 Å². The minimum atomic E-state index is 0.833. The topological polar surface area (TPSA) is 29.5 Å². The Kier molecular flexibility index (Phi) is 5.57. The van der Waals surface area contributed by atoms with E-state index < -0.39 is 0 Å². The molecule has 0 unspecified atom stereocenters. The fourth-order valence-corrected chi connectivity index (χ4v) is 7.42. The molecule has 0 bridgehead atoms. The summed E-state index contributed by atoms with van der Waals surface area (Å²) < 4.78 is 13.8. The van der Waals surface area contributed by atoms with Crippen LogP contribution in [-0.4, -0.2) is 0 Å². The van der Waals surface area contributed by atoms with Gasteiger partial charge in [-0.3, -0.25) is 0 Å². The van der Waals surface area contributed by atoms with Gasteiger partial charge in [-0.05, 0) is 57.6 Å². The van der Waals surface area contributed by atoms with E-state index in [0.717, 1.165) is 77.5 Å². The Morgan fingerprint density at radius 2 is 0.915 bits per heavy atom.